The Kier molecular flexibility index (Phi) is 4.46. The molecule has 21 heavy (non-hydrogen) atoms. The van der Waals surface area contributed by atoms with Gasteiger partial charge in [0.05, 0.1) is 0 Å². The Morgan fingerprint density at radius 3 is 2.38 bits per heavy atom. The molecule has 0 saturated heterocycles. The van der Waals surface area contributed by atoms with Crippen LogP contribution >= 0.6 is 15.9 Å². The predicted molar refractivity (Wildman–Crippen MR) is 92.3 cm³/mol. The number of benzene rings is 2. The maximum absolute atomic E-state index is 3.84. The van der Waals surface area contributed by atoms with Crippen LogP contribution in [-0.2, 0) is 0 Å². The zero-order valence-electron chi connectivity index (χ0n) is 12.6. The van der Waals surface area contributed by atoms with Crippen molar-refractivity contribution in [2.75, 3.05) is 0 Å². The van der Waals surface area contributed by atoms with Gasteiger partial charge in [-0.3, -0.25) is 0 Å². The first-order chi connectivity index (χ1) is 10.1. The Morgan fingerprint density at radius 2 is 1.76 bits per heavy atom. The van der Waals surface area contributed by atoms with Crippen LogP contribution in [0.5, 0.6) is 0 Å². The summed E-state index contributed by atoms with van der Waals surface area (Å²) in [7, 11) is 0. The number of hydrogen-bond acceptors (Lipinski definition) is 1. The summed E-state index contributed by atoms with van der Waals surface area (Å²) in [6, 6.07) is 18.4. The molecule has 1 aliphatic carbocycles. The first kappa shape index (κ1) is 14.8. The van der Waals surface area contributed by atoms with Gasteiger partial charge in [-0.25, -0.2) is 0 Å². The van der Waals surface area contributed by atoms with Crippen LogP contribution in [0.15, 0.2) is 53.0 Å². The number of halogens is 1. The van der Waals surface area contributed by atoms with E-state index in [1.54, 1.807) is 0 Å². The minimum atomic E-state index is 0.356. The van der Waals surface area contributed by atoms with Crippen LogP contribution in [0.2, 0.25) is 0 Å². The highest BCUT2D eigenvalue weighted by molar-refractivity contribution is 9.10. The van der Waals surface area contributed by atoms with Crippen molar-refractivity contribution in [3.63, 3.8) is 0 Å². The van der Waals surface area contributed by atoms with Crippen molar-refractivity contribution in [3.05, 3.63) is 69.7 Å². The molecule has 0 heterocycles. The first-order valence-corrected chi connectivity index (χ1v) is 8.51. The summed E-state index contributed by atoms with van der Waals surface area (Å²) in [6.07, 6.45) is 2.69. The highest BCUT2D eigenvalue weighted by Crippen LogP contribution is 2.42. The summed E-state index contributed by atoms with van der Waals surface area (Å²) < 4.78 is 1.15. The summed E-state index contributed by atoms with van der Waals surface area (Å²) in [6.45, 7) is 4.40. The Balaban J connectivity index is 1.77. The standard InChI is InChI=1S/C19H22BrN/c1-13-6-8-15(9-7-13)19(16-10-11-16)21-14(2)17-4-3-5-18(20)12-17/h3-9,12,14,16,19,21H,10-11H2,1-2H3/t14-,19?/m1/s1. The SMILES string of the molecule is Cc1ccc(C(N[C@H](C)c2cccc(Br)c2)C2CC2)cc1. The summed E-state index contributed by atoms with van der Waals surface area (Å²) >= 11 is 3.56. The molecule has 0 aromatic heterocycles. The van der Waals surface area contributed by atoms with E-state index in [-0.39, 0.29) is 0 Å². The van der Waals surface area contributed by atoms with E-state index in [0.717, 1.165) is 10.4 Å². The Bertz CT molecular complexity index is 601. The third-order valence-corrected chi connectivity index (χ3v) is 4.80. The molecule has 1 N–H and O–H groups in total. The average Bonchev–Trinajstić information content (AvgIpc) is 3.30. The molecule has 3 rings (SSSR count). The maximum Gasteiger partial charge on any atom is 0.0353 e. The van der Waals surface area contributed by atoms with Crippen molar-refractivity contribution in [3.8, 4) is 0 Å². The van der Waals surface area contributed by atoms with Crippen molar-refractivity contribution in [1.29, 1.82) is 0 Å². The molecule has 1 unspecified atom stereocenters. The molecule has 0 amide bonds. The topological polar surface area (TPSA) is 12.0 Å². The second-order valence-electron chi connectivity index (χ2n) is 6.17. The first-order valence-electron chi connectivity index (χ1n) is 7.71. The number of aryl methyl sites for hydroxylation is 1. The second kappa shape index (κ2) is 6.33. The van der Waals surface area contributed by atoms with Gasteiger partial charge in [-0.05, 0) is 55.9 Å². The van der Waals surface area contributed by atoms with Crippen molar-refractivity contribution in [2.45, 2.75) is 38.8 Å². The fourth-order valence-corrected chi connectivity index (χ4v) is 3.27. The van der Waals surface area contributed by atoms with E-state index in [9.17, 15) is 0 Å². The van der Waals surface area contributed by atoms with Gasteiger partial charge in [0.15, 0.2) is 0 Å². The molecule has 1 fully saturated rings. The van der Waals surface area contributed by atoms with Gasteiger partial charge in [-0.1, -0.05) is 57.9 Å². The molecule has 1 nitrogen and oxygen atoms in total. The van der Waals surface area contributed by atoms with Crippen LogP contribution in [0.3, 0.4) is 0 Å². The normalized spacial score (nSPS) is 17.5. The van der Waals surface area contributed by atoms with E-state index in [1.165, 1.54) is 29.5 Å². The molecule has 0 spiro atoms. The monoisotopic (exact) mass is 343 g/mol. The molecule has 2 heteroatoms. The predicted octanol–water partition coefficient (Wildman–Crippen LogP) is 5.56. The van der Waals surface area contributed by atoms with E-state index in [2.05, 4.69) is 83.6 Å². The van der Waals surface area contributed by atoms with Gasteiger partial charge < -0.3 is 5.32 Å². The van der Waals surface area contributed by atoms with Crippen LogP contribution in [-0.4, -0.2) is 0 Å². The summed E-state index contributed by atoms with van der Waals surface area (Å²) in [5, 5.41) is 3.84. The van der Waals surface area contributed by atoms with Gasteiger partial charge in [0.25, 0.3) is 0 Å². The summed E-state index contributed by atoms with van der Waals surface area (Å²) in [5.41, 5.74) is 4.08. The summed E-state index contributed by atoms with van der Waals surface area (Å²) in [5.74, 6) is 0.794. The Labute approximate surface area is 135 Å². The van der Waals surface area contributed by atoms with E-state index in [4.69, 9.17) is 0 Å². The molecule has 0 aliphatic heterocycles. The molecular formula is C19H22BrN. The van der Waals surface area contributed by atoms with Gasteiger partial charge >= 0.3 is 0 Å². The molecule has 2 atom stereocenters. The van der Waals surface area contributed by atoms with Gasteiger partial charge in [-0.15, -0.1) is 0 Å². The van der Waals surface area contributed by atoms with Crippen molar-refractivity contribution in [1.82, 2.24) is 5.32 Å². The third kappa shape index (κ3) is 3.75. The number of nitrogens with one attached hydrogen (secondary N) is 1. The number of hydrogen-bond donors (Lipinski definition) is 1. The molecule has 1 aliphatic rings. The van der Waals surface area contributed by atoms with Crippen LogP contribution in [0.4, 0.5) is 0 Å². The quantitative estimate of drug-likeness (QED) is 0.749. The highest BCUT2D eigenvalue weighted by Gasteiger charge is 2.33. The fourth-order valence-electron chi connectivity index (χ4n) is 2.85. The molecule has 2 aromatic rings. The van der Waals surface area contributed by atoms with Crippen molar-refractivity contribution >= 4 is 15.9 Å². The van der Waals surface area contributed by atoms with Gasteiger partial charge in [0, 0.05) is 16.6 Å². The Hall–Kier alpha value is -1.12. The van der Waals surface area contributed by atoms with Crippen LogP contribution in [0.25, 0.3) is 0 Å². The zero-order chi connectivity index (χ0) is 14.8. The minimum absolute atomic E-state index is 0.356. The molecule has 2 aromatic carbocycles. The smallest absolute Gasteiger partial charge is 0.0353 e. The van der Waals surface area contributed by atoms with Gasteiger partial charge in [0.1, 0.15) is 0 Å². The highest BCUT2D eigenvalue weighted by atomic mass is 79.9. The Morgan fingerprint density at radius 1 is 1.05 bits per heavy atom. The maximum atomic E-state index is 3.84. The van der Waals surface area contributed by atoms with E-state index in [0.29, 0.717) is 12.1 Å². The number of rotatable bonds is 5. The van der Waals surface area contributed by atoms with Crippen molar-refractivity contribution < 1.29 is 0 Å². The lowest BCUT2D eigenvalue weighted by atomic mass is 9.98. The molecular weight excluding hydrogens is 322 g/mol. The average molecular weight is 344 g/mol. The van der Waals surface area contributed by atoms with Crippen LogP contribution in [0, 0.1) is 12.8 Å². The van der Waals surface area contributed by atoms with E-state index < -0.39 is 0 Å². The fraction of sp³-hybridized carbons (Fsp3) is 0.368. The van der Waals surface area contributed by atoms with Gasteiger partial charge in [0.2, 0.25) is 0 Å². The second-order valence-corrected chi connectivity index (χ2v) is 7.08. The van der Waals surface area contributed by atoms with Crippen LogP contribution < -0.4 is 5.32 Å². The molecule has 0 radical (unpaired) electrons. The molecule has 0 bridgehead atoms. The van der Waals surface area contributed by atoms with Crippen molar-refractivity contribution in [2.24, 2.45) is 5.92 Å². The van der Waals surface area contributed by atoms with Crippen LogP contribution in [0.1, 0.15) is 48.5 Å². The largest absolute Gasteiger partial charge is 0.303 e. The van der Waals surface area contributed by atoms with E-state index in [1.807, 2.05) is 0 Å². The lowest BCUT2D eigenvalue weighted by Crippen LogP contribution is -2.26. The lowest BCUT2D eigenvalue weighted by Gasteiger charge is -2.24. The van der Waals surface area contributed by atoms with E-state index >= 15 is 0 Å². The summed E-state index contributed by atoms with van der Waals surface area (Å²) in [4.78, 5) is 0. The third-order valence-electron chi connectivity index (χ3n) is 4.31. The molecule has 110 valence electrons. The zero-order valence-corrected chi connectivity index (χ0v) is 14.2. The lowest BCUT2D eigenvalue weighted by molar-refractivity contribution is 0.427. The minimum Gasteiger partial charge on any atom is -0.303 e. The van der Waals surface area contributed by atoms with Gasteiger partial charge in [-0.2, -0.15) is 0 Å². The molecule has 1 saturated carbocycles.